The van der Waals surface area contributed by atoms with Crippen LogP contribution in [-0.2, 0) is 4.79 Å². The topological polar surface area (TPSA) is 65.8 Å². The number of nitrogens with one attached hydrogen (secondary N) is 1. The van der Waals surface area contributed by atoms with Crippen molar-refractivity contribution in [2.24, 2.45) is 0 Å². The van der Waals surface area contributed by atoms with Crippen LogP contribution < -0.4 is 5.32 Å². The van der Waals surface area contributed by atoms with Crippen molar-refractivity contribution in [3.63, 3.8) is 0 Å². The van der Waals surface area contributed by atoms with Crippen LogP contribution in [0.4, 0.5) is 5.69 Å². The number of hydrogen-bond acceptors (Lipinski definition) is 4. The number of furan rings is 1. The first-order valence-electron chi connectivity index (χ1n) is 9.06. The molecule has 7 heteroatoms. The van der Waals surface area contributed by atoms with Gasteiger partial charge in [-0.25, -0.2) is 0 Å². The Kier molecular flexibility index (Phi) is 6.19. The van der Waals surface area contributed by atoms with Gasteiger partial charge in [-0.3, -0.25) is 14.5 Å². The summed E-state index contributed by atoms with van der Waals surface area (Å²) in [7, 11) is 0. The lowest BCUT2D eigenvalue weighted by Gasteiger charge is -2.34. The van der Waals surface area contributed by atoms with Crippen LogP contribution in [0, 0.1) is 13.8 Å². The van der Waals surface area contributed by atoms with Crippen molar-refractivity contribution < 1.29 is 14.0 Å². The lowest BCUT2D eigenvalue weighted by Crippen LogP contribution is -2.49. The lowest BCUT2D eigenvalue weighted by atomic mass is 10.1. The third-order valence-corrected chi connectivity index (χ3v) is 5.04. The summed E-state index contributed by atoms with van der Waals surface area (Å²) in [5.41, 5.74) is 2.71. The van der Waals surface area contributed by atoms with E-state index in [0.717, 1.165) is 24.2 Å². The molecule has 1 fully saturated rings. The van der Waals surface area contributed by atoms with Crippen molar-refractivity contribution in [3.05, 3.63) is 52.4 Å². The molecule has 0 radical (unpaired) electrons. The largest absolute Gasteiger partial charge is 0.459 e. The predicted octanol–water partition coefficient (Wildman–Crippen LogP) is 3.34. The number of halogens is 1. The fourth-order valence-electron chi connectivity index (χ4n) is 3.27. The number of benzene rings is 1. The van der Waals surface area contributed by atoms with Gasteiger partial charge in [0.25, 0.3) is 5.91 Å². The Morgan fingerprint density at radius 2 is 1.93 bits per heavy atom. The fraction of sp³-hybridized carbons (Fsp3) is 0.400. The Morgan fingerprint density at radius 3 is 2.56 bits per heavy atom. The lowest BCUT2D eigenvalue weighted by molar-refractivity contribution is -0.116. The maximum atomic E-state index is 12.3. The van der Waals surface area contributed by atoms with Crippen molar-refractivity contribution >= 4 is 29.1 Å². The van der Waals surface area contributed by atoms with Gasteiger partial charge >= 0.3 is 0 Å². The van der Waals surface area contributed by atoms with E-state index in [1.165, 1.54) is 6.26 Å². The normalized spacial score (nSPS) is 15.0. The number of carbonyl (C=O) groups is 2. The molecular formula is C20H24ClN3O3. The van der Waals surface area contributed by atoms with Crippen LogP contribution in [0.15, 0.2) is 34.9 Å². The standard InChI is InChI=1S/C20H24ClN3O3/c1-14-12-15(2)19(16(21)13-14)22-18(25)5-6-23-7-9-24(10-8-23)20(26)17-4-3-11-27-17/h3-4,11-13H,5-10H2,1-2H3,(H,22,25). The summed E-state index contributed by atoms with van der Waals surface area (Å²) in [4.78, 5) is 28.5. The van der Waals surface area contributed by atoms with Crippen LogP contribution in [0.5, 0.6) is 0 Å². The first-order chi connectivity index (χ1) is 12.9. The molecule has 1 N–H and O–H groups in total. The molecule has 1 aromatic carbocycles. The number of rotatable bonds is 5. The molecule has 0 atom stereocenters. The van der Waals surface area contributed by atoms with E-state index in [2.05, 4.69) is 10.2 Å². The van der Waals surface area contributed by atoms with Crippen molar-refractivity contribution in [2.45, 2.75) is 20.3 Å². The van der Waals surface area contributed by atoms with Gasteiger partial charge in [-0.05, 0) is 43.2 Å². The molecule has 3 rings (SSSR count). The Hall–Kier alpha value is -2.31. The van der Waals surface area contributed by atoms with Crippen molar-refractivity contribution in [1.29, 1.82) is 0 Å². The third-order valence-electron chi connectivity index (χ3n) is 4.74. The Bertz CT molecular complexity index is 789. The summed E-state index contributed by atoms with van der Waals surface area (Å²) in [6.07, 6.45) is 1.89. The van der Waals surface area contributed by atoms with Crippen LogP contribution >= 0.6 is 11.6 Å². The van der Waals surface area contributed by atoms with Gasteiger partial charge in [-0.1, -0.05) is 17.7 Å². The highest BCUT2D eigenvalue weighted by Gasteiger charge is 2.23. The van der Waals surface area contributed by atoms with E-state index in [1.54, 1.807) is 17.0 Å². The van der Waals surface area contributed by atoms with E-state index in [-0.39, 0.29) is 11.8 Å². The zero-order valence-corrected chi connectivity index (χ0v) is 16.4. The highest BCUT2D eigenvalue weighted by molar-refractivity contribution is 6.34. The minimum atomic E-state index is -0.0816. The number of amides is 2. The van der Waals surface area contributed by atoms with Gasteiger partial charge in [-0.15, -0.1) is 0 Å². The number of anilines is 1. The van der Waals surface area contributed by atoms with Crippen molar-refractivity contribution in [1.82, 2.24) is 9.80 Å². The van der Waals surface area contributed by atoms with Gasteiger partial charge in [0.2, 0.25) is 5.91 Å². The number of hydrogen-bond donors (Lipinski definition) is 1. The molecule has 0 saturated carbocycles. The summed E-state index contributed by atoms with van der Waals surface area (Å²) in [5, 5.41) is 3.48. The molecule has 1 aromatic heterocycles. The van der Waals surface area contributed by atoms with E-state index in [0.29, 0.717) is 42.5 Å². The van der Waals surface area contributed by atoms with E-state index < -0.39 is 0 Å². The SMILES string of the molecule is Cc1cc(C)c(NC(=O)CCN2CCN(C(=O)c3ccco3)CC2)c(Cl)c1. The number of carbonyl (C=O) groups excluding carboxylic acids is 2. The zero-order valence-electron chi connectivity index (χ0n) is 15.6. The van der Waals surface area contributed by atoms with Gasteiger partial charge in [-0.2, -0.15) is 0 Å². The van der Waals surface area contributed by atoms with Gasteiger partial charge < -0.3 is 14.6 Å². The zero-order chi connectivity index (χ0) is 19.4. The van der Waals surface area contributed by atoms with Crippen LogP contribution in [-0.4, -0.2) is 54.3 Å². The predicted molar refractivity (Wildman–Crippen MR) is 105 cm³/mol. The minimum absolute atomic E-state index is 0.0575. The molecule has 144 valence electrons. The van der Waals surface area contributed by atoms with E-state index in [9.17, 15) is 9.59 Å². The summed E-state index contributed by atoms with van der Waals surface area (Å²) >= 11 is 6.25. The van der Waals surface area contributed by atoms with E-state index in [4.69, 9.17) is 16.0 Å². The fourth-order valence-corrected chi connectivity index (χ4v) is 3.63. The summed E-state index contributed by atoms with van der Waals surface area (Å²) in [6.45, 7) is 7.30. The van der Waals surface area contributed by atoms with Gasteiger partial charge in [0.15, 0.2) is 5.76 Å². The molecule has 0 aliphatic carbocycles. The molecule has 27 heavy (non-hydrogen) atoms. The van der Waals surface area contributed by atoms with Crippen molar-refractivity contribution in [2.75, 3.05) is 38.0 Å². The minimum Gasteiger partial charge on any atom is -0.459 e. The Labute approximate surface area is 164 Å². The molecule has 2 heterocycles. The molecule has 2 amide bonds. The molecule has 0 bridgehead atoms. The maximum Gasteiger partial charge on any atom is 0.289 e. The second-order valence-electron chi connectivity index (χ2n) is 6.85. The molecule has 0 spiro atoms. The molecule has 6 nitrogen and oxygen atoms in total. The van der Waals surface area contributed by atoms with Gasteiger partial charge in [0, 0.05) is 39.1 Å². The number of aryl methyl sites for hydroxylation is 2. The summed E-state index contributed by atoms with van der Waals surface area (Å²) in [6, 6.07) is 7.23. The third kappa shape index (κ3) is 4.90. The molecule has 1 aliphatic rings. The summed E-state index contributed by atoms with van der Waals surface area (Å²) < 4.78 is 5.17. The molecule has 2 aromatic rings. The smallest absolute Gasteiger partial charge is 0.289 e. The molecule has 0 unspecified atom stereocenters. The second kappa shape index (κ2) is 8.59. The van der Waals surface area contributed by atoms with Crippen LogP contribution in [0.2, 0.25) is 5.02 Å². The van der Waals surface area contributed by atoms with Gasteiger partial charge in [0.05, 0.1) is 17.0 Å². The number of piperazine rings is 1. The molecule has 1 saturated heterocycles. The van der Waals surface area contributed by atoms with Crippen molar-refractivity contribution in [3.8, 4) is 0 Å². The van der Waals surface area contributed by atoms with Gasteiger partial charge in [0.1, 0.15) is 0 Å². The highest BCUT2D eigenvalue weighted by Crippen LogP contribution is 2.27. The summed E-state index contributed by atoms with van der Waals surface area (Å²) in [5.74, 6) is 0.230. The highest BCUT2D eigenvalue weighted by atomic mass is 35.5. The first-order valence-corrected chi connectivity index (χ1v) is 9.43. The average Bonchev–Trinajstić information content (AvgIpc) is 3.17. The van der Waals surface area contributed by atoms with E-state index >= 15 is 0 Å². The molecule has 1 aliphatic heterocycles. The molecular weight excluding hydrogens is 366 g/mol. The van der Waals surface area contributed by atoms with E-state index in [1.807, 2.05) is 26.0 Å². The quantitative estimate of drug-likeness (QED) is 0.851. The first kappa shape index (κ1) is 19.5. The van der Waals surface area contributed by atoms with Crippen LogP contribution in [0.1, 0.15) is 28.1 Å². The average molecular weight is 390 g/mol. The monoisotopic (exact) mass is 389 g/mol. The Balaban J connectivity index is 1.45. The Morgan fingerprint density at radius 1 is 1.19 bits per heavy atom. The van der Waals surface area contributed by atoms with Crippen LogP contribution in [0.3, 0.4) is 0 Å². The van der Waals surface area contributed by atoms with Crippen LogP contribution in [0.25, 0.3) is 0 Å². The second-order valence-corrected chi connectivity index (χ2v) is 7.26. The maximum absolute atomic E-state index is 12.3. The number of nitrogens with zero attached hydrogens (tertiary/aromatic N) is 2.